The van der Waals surface area contributed by atoms with Gasteiger partial charge in [-0.2, -0.15) is 0 Å². The van der Waals surface area contributed by atoms with Crippen LogP contribution in [0.25, 0.3) is 0 Å². The number of Topliss-reactive ketones (excluding diaryl/α,β-unsaturated/α-hetero) is 1. The monoisotopic (exact) mass is 263 g/mol. The van der Waals surface area contributed by atoms with Crippen LogP contribution in [0.2, 0.25) is 0 Å². The molecule has 1 aliphatic rings. The number of rotatable bonds is 4. The molecule has 0 spiro atoms. The Balaban J connectivity index is 2.26. The van der Waals surface area contributed by atoms with Gasteiger partial charge in [-0.1, -0.05) is 13.3 Å². The number of hydrogen-bond donors (Lipinski definition) is 1. The molecule has 2 rings (SSSR count). The van der Waals surface area contributed by atoms with Crippen molar-refractivity contribution >= 4 is 5.78 Å². The van der Waals surface area contributed by atoms with Gasteiger partial charge in [0.2, 0.25) is 0 Å². The zero-order chi connectivity index (χ0) is 13.9. The highest BCUT2D eigenvalue weighted by Crippen LogP contribution is 2.31. The van der Waals surface area contributed by atoms with Crippen molar-refractivity contribution in [3.05, 3.63) is 23.8 Å². The average Bonchev–Trinajstić information content (AvgIpc) is 2.61. The van der Waals surface area contributed by atoms with Gasteiger partial charge in [0.25, 0.3) is 0 Å². The zero-order valence-electron chi connectivity index (χ0n) is 11.6. The van der Waals surface area contributed by atoms with E-state index in [1.165, 1.54) is 0 Å². The molecule has 4 heteroatoms. The number of ether oxygens (including phenoxy) is 2. The molecule has 0 aliphatic carbocycles. The molecule has 1 atom stereocenters. The molecule has 0 fully saturated rings. The van der Waals surface area contributed by atoms with Crippen molar-refractivity contribution in [3.63, 3.8) is 0 Å². The molecule has 1 aromatic rings. The number of fused-ring (bicyclic) bond motifs is 1. The van der Waals surface area contributed by atoms with Crippen LogP contribution >= 0.6 is 0 Å². The predicted molar refractivity (Wildman–Crippen MR) is 73.9 cm³/mol. The van der Waals surface area contributed by atoms with Crippen LogP contribution in [0.1, 0.15) is 43.5 Å². The van der Waals surface area contributed by atoms with E-state index in [0.29, 0.717) is 36.7 Å². The van der Waals surface area contributed by atoms with Crippen molar-refractivity contribution in [2.75, 3.05) is 13.2 Å². The molecule has 1 aromatic carbocycles. The molecule has 0 saturated heterocycles. The molecule has 1 unspecified atom stereocenters. The average molecular weight is 263 g/mol. The predicted octanol–water partition coefficient (Wildman–Crippen LogP) is 2.55. The van der Waals surface area contributed by atoms with E-state index in [1.807, 2.05) is 6.92 Å². The zero-order valence-corrected chi connectivity index (χ0v) is 11.6. The lowest BCUT2D eigenvalue weighted by atomic mass is 9.88. The number of ketones is 1. The lowest BCUT2D eigenvalue weighted by Crippen LogP contribution is -2.44. The van der Waals surface area contributed by atoms with Crippen molar-refractivity contribution in [2.45, 2.75) is 38.6 Å². The third-order valence-electron chi connectivity index (χ3n) is 3.30. The van der Waals surface area contributed by atoms with Gasteiger partial charge in [0, 0.05) is 12.0 Å². The number of carbonyl (C=O) groups excluding carboxylic acids is 1. The molecule has 0 radical (unpaired) electrons. The Morgan fingerprint density at radius 1 is 1.32 bits per heavy atom. The fraction of sp³-hybridized carbons (Fsp3) is 0.533. The highest BCUT2D eigenvalue weighted by Gasteiger charge is 2.29. The van der Waals surface area contributed by atoms with Crippen molar-refractivity contribution in [2.24, 2.45) is 5.73 Å². The summed E-state index contributed by atoms with van der Waals surface area (Å²) >= 11 is 0. The van der Waals surface area contributed by atoms with E-state index >= 15 is 0 Å². The molecule has 0 aromatic heterocycles. The van der Waals surface area contributed by atoms with E-state index in [1.54, 1.807) is 25.1 Å². The number of nitrogens with two attached hydrogens (primary N) is 1. The quantitative estimate of drug-likeness (QED) is 0.848. The Labute approximate surface area is 113 Å². The topological polar surface area (TPSA) is 61.6 Å². The van der Waals surface area contributed by atoms with Crippen LogP contribution in [0.5, 0.6) is 11.5 Å². The third kappa shape index (κ3) is 3.07. The molecular formula is C15H21NO3. The summed E-state index contributed by atoms with van der Waals surface area (Å²) in [5.74, 6) is 1.28. The van der Waals surface area contributed by atoms with E-state index in [2.05, 4.69) is 0 Å². The van der Waals surface area contributed by atoms with Crippen molar-refractivity contribution in [3.8, 4) is 11.5 Å². The highest BCUT2D eigenvalue weighted by molar-refractivity contribution is 6.03. The summed E-state index contributed by atoms with van der Waals surface area (Å²) in [6.45, 7) is 5.05. The molecule has 2 N–H and O–H groups in total. The molecule has 1 heterocycles. The Bertz CT molecular complexity index is 468. The second-order valence-electron chi connectivity index (χ2n) is 5.21. The van der Waals surface area contributed by atoms with E-state index in [-0.39, 0.29) is 5.78 Å². The summed E-state index contributed by atoms with van der Waals surface area (Å²) in [6.07, 6.45) is 2.39. The van der Waals surface area contributed by atoms with Gasteiger partial charge in [-0.15, -0.1) is 0 Å². The first kappa shape index (κ1) is 13.9. The van der Waals surface area contributed by atoms with Gasteiger partial charge < -0.3 is 15.2 Å². The molecule has 19 heavy (non-hydrogen) atoms. The summed E-state index contributed by atoms with van der Waals surface area (Å²) in [7, 11) is 0. The second-order valence-corrected chi connectivity index (χ2v) is 5.21. The van der Waals surface area contributed by atoms with E-state index in [0.717, 1.165) is 12.8 Å². The minimum atomic E-state index is -0.825. The molecule has 0 bridgehead atoms. The number of carbonyl (C=O) groups is 1. The Hall–Kier alpha value is -1.55. The van der Waals surface area contributed by atoms with Crippen LogP contribution in [0, 0.1) is 0 Å². The maximum atomic E-state index is 12.4. The third-order valence-corrected chi connectivity index (χ3v) is 3.30. The molecule has 0 saturated carbocycles. The van der Waals surface area contributed by atoms with Gasteiger partial charge in [-0.05, 0) is 31.5 Å². The first-order valence-corrected chi connectivity index (χ1v) is 6.78. The number of benzene rings is 1. The maximum absolute atomic E-state index is 12.4. The Morgan fingerprint density at radius 2 is 2.00 bits per heavy atom. The van der Waals surface area contributed by atoms with Crippen LogP contribution < -0.4 is 15.2 Å². The first-order chi connectivity index (χ1) is 9.04. The largest absolute Gasteiger partial charge is 0.490 e. The van der Waals surface area contributed by atoms with E-state index < -0.39 is 5.54 Å². The van der Waals surface area contributed by atoms with Crippen molar-refractivity contribution in [1.29, 1.82) is 0 Å². The van der Waals surface area contributed by atoms with Crippen molar-refractivity contribution < 1.29 is 14.3 Å². The summed E-state index contributed by atoms with van der Waals surface area (Å²) in [4.78, 5) is 12.4. The Kier molecular flexibility index (Phi) is 4.10. The van der Waals surface area contributed by atoms with Gasteiger partial charge in [-0.3, -0.25) is 4.79 Å². The second kappa shape index (κ2) is 5.61. The van der Waals surface area contributed by atoms with E-state index in [4.69, 9.17) is 15.2 Å². The molecule has 1 aliphatic heterocycles. The fourth-order valence-electron chi connectivity index (χ4n) is 2.27. The van der Waals surface area contributed by atoms with Crippen molar-refractivity contribution in [1.82, 2.24) is 0 Å². The van der Waals surface area contributed by atoms with Crippen LogP contribution in [0.3, 0.4) is 0 Å². The summed E-state index contributed by atoms with van der Waals surface area (Å²) in [5, 5.41) is 0. The Morgan fingerprint density at radius 3 is 2.68 bits per heavy atom. The lowest BCUT2D eigenvalue weighted by molar-refractivity contribution is 0.0892. The van der Waals surface area contributed by atoms with Gasteiger partial charge in [-0.25, -0.2) is 0 Å². The molecule has 4 nitrogen and oxygen atoms in total. The SMILES string of the molecule is CCCC(C)(N)C(=O)c1ccc2c(c1)OCCCO2. The minimum Gasteiger partial charge on any atom is -0.490 e. The highest BCUT2D eigenvalue weighted by atomic mass is 16.5. The molecule has 0 amide bonds. The van der Waals surface area contributed by atoms with Gasteiger partial charge in [0.1, 0.15) is 0 Å². The standard InChI is InChI=1S/C15H21NO3/c1-3-7-15(2,16)14(17)11-5-6-12-13(10-11)19-9-4-8-18-12/h5-6,10H,3-4,7-9,16H2,1-2H3. The summed E-state index contributed by atoms with van der Waals surface area (Å²) in [6, 6.07) is 5.29. The van der Waals surface area contributed by atoms with E-state index in [9.17, 15) is 4.79 Å². The van der Waals surface area contributed by atoms with Gasteiger partial charge in [0.05, 0.1) is 18.8 Å². The maximum Gasteiger partial charge on any atom is 0.182 e. The lowest BCUT2D eigenvalue weighted by Gasteiger charge is -2.22. The summed E-state index contributed by atoms with van der Waals surface area (Å²) in [5.41, 5.74) is 5.85. The summed E-state index contributed by atoms with van der Waals surface area (Å²) < 4.78 is 11.1. The van der Waals surface area contributed by atoms with Crippen LogP contribution in [-0.2, 0) is 0 Å². The van der Waals surface area contributed by atoms with Crippen LogP contribution in [0.15, 0.2) is 18.2 Å². The van der Waals surface area contributed by atoms with Crippen LogP contribution in [-0.4, -0.2) is 24.5 Å². The van der Waals surface area contributed by atoms with Crippen LogP contribution in [0.4, 0.5) is 0 Å². The fourth-order valence-corrected chi connectivity index (χ4v) is 2.27. The smallest absolute Gasteiger partial charge is 0.182 e. The molecule has 104 valence electrons. The normalized spacial score (nSPS) is 17.4. The van der Waals surface area contributed by atoms with Gasteiger partial charge >= 0.3 is 0 Å². The van der Waals surface area contributed by atoms with Gasteiger partial charge in [0.15, 0.2) is 17.3 Å². The minimum absolute atomic E-state index is 0.0509. The molecular weight excluding hydrogens is 242 g/mol. The first-order valence-electron chi connectivity index (χ1n) is 6.78. The number of hydrogen-bond acceptors (Lipinski definition) is 4.